The Kier molecular flexibility index (Phi) is 4.60. The zero-order valence-corrected chi connectivity index (χ0v) is 14.8. The van der Waals surface area contributed by atoms with Gasteiger partial charge < -0.3 is 14.5 Å². The quantitative estimate of drug-likeness (QED) is 0.772. The van der Waals surface area contributed by atoms with Crippen LogP contribution >= 0.6 is 0 Å². The molecule has 1 N–H and O–H groups in total. The maximum Gasteiger partial charge on any atom is 0.137 e. The molecule has 1 aliphatic heterocycles. The zero-order valence-electron chi connectivity index (χ0n) is 14.8. The van der Waals surface area contributed by atoms with Crippen LogP contribution in [0.3, 0.4) is 0 Å². The van der Waals surface area contributed by atoms with Crippen molar-refractivity contribution in [3.8, 4) is 17.3 Å². The summed E-state index contributed by atoms with van der Waals surface area (Å²) in [6, 6.07) is 7.63. The molecule has 0 saturated carbocycles. The van der Waals surface area contributed by atoms with Crippen molar-refractivity contribution >= 4 is 5.65 Å². The van der Waals surface area contributed by atoms with Crippen LogP contribution in [0.5, 0.6) is 0 Å². The molecule has 0 unspecified atom stereocenters. The van der Waals surface area contributed by atoms with Crippen LogP contribution in [0.15, 0.2) is 30.5 Å². The first kappa shape index (κ1) is 17.6. The summed E-state index contributed by atoms with van der Waals surface area (Å²) in [6.45, 7) is 3.98. The first-order valence-corrected chi connectivity index (χ1v) is 8.76. The second-order valence-electron chi connectivity index (χ2n) is 6.67. The van der Waals surface area contributed by atoms with Gasteiger partial charge in [0, 0.05) is 25.7 Å². The number of morpholine rings is 1. The number of hydrogen-bond acceptors (Lipinski definition) is 4. The molecule has 1 aromatic carbocycles. The number of benzene rings is 1. The highest BCUT2D eigenvalue weighted by atomic mass is 19.1. The van der Waals surface area contributed by atoms with Crippen LogP contribution in [0.1, 0.15) is 16.8 Å². The van der Waals surface area contributed by atoms with Crippen molar-refractivity contribution < 1.29 is 13.5 Å². The fourth-order valence-corrected chi connectivity index (χ4v) is 3.42. The molecule has 3 heterocycles. The lowest BCUT2D eigenvalue weighted by Crippen LogP contribution is -2.39. The predicted octanol–water partition coefficient (Wildman–Crippen LogP) is 2.99. The highest BCUT2D eigenvalue weighted by Crippen LogP contribution is 2.31. The van der Waals surface area contributed by atoms with Gasteiger partial charge in [0.15, 0.2) is 0 Å². The first-order valence-electron chi connectivity index (χ1n) is 8.76. The molecule has 1 fully saturated rings. The third-order valence-corrected chi connectivity index (χ3v) is 4.71. The van der Waals surface area contributed by atoms with Crippen molar-refractivity contribution in [3.63, 3.8) is 0 Å². The Morgan fingerprint density at radius 2 is 2.11 bits per heavy atom. The minimum absolute atomic E-state index is 0.0604. The fourth-order valence-electron chi connectivity index (χ4n) is 3.42. The molecule has 0 bridgehead atoms. The number of pyridine rings is 1. The van der Waals surface area contributed by atoms with Crippen molar-refractivity contribution in [1.82, 2.24) is 14.7 Å². The minimum Gasteiger partial charge on any atom is -0.375 e. The Hall–Kier alpha value is -2.82. The lowest BCUT2D eigenvalue weighted by atomic mass is 10.0. The van der Waals surface area contributed by atoms with Crippen molar-refractivity contribution in [1.29, 1.82) is 5.26 Å². The zero-order chi connectivity index (χ0) is 19.0. The van der Waals surface area contributed by atoms with E-state index in [1.165, 1.54) is 0 Å². The highest BCUT2D eigenvalue weighted by Gasteiger charge is 2.25. The molecule has 5 nitrogen and oxygen atoms in total. The number of halogens is 2. The number of aromatic nitrogens is 2. The monoisotopic (exact) mass is 368 g/mol. The second-order valence-corrected chi connectivity index (χ2v) is 6.67. The van der Waals surface area contributed by atoms with E-state index >= 15 is 0 Å². The summed E-state index contributed by atoms with van der Waals surface area (Å²) in [4.78, 5) is 4.51. The van der Waals surface area contributed by atoms with Gasteiger partial charge in [-0.1, -0.05) is 0 Å². The molecule has 27 heavy (non-hydrogen) atoms. The first-order chi connectivity index (χ1) is 13.1. The van der Waals surface area contributed by atoms with E-state index in [-0.39, 0.29) is 22.9 Å². The summed E-state index contributed by atoms with van der Waals surface area (Å²) in [5.74, 6) is -1.59. The summed E-state index contributed by atoms with van der Waals surface area (Å²) in [5, 5.41) is 12.2. The van der Waals surface area contributed by atoms with E-state index in [4.69, 9.17) is 10.00 Å². The number of fused-ring (bicyclic) bond motifs is 1. The van der Waals surface area contributed by atoms with Crippen molar-refractivity contribution in [3.05, 3.63) is 58.9 Å². The smallest absolute Gasteiger partial charge is 0.137 e. The van der Waals surface area contributed by atoms with Crippen molar-refractivity contribution in [2.75, 3.05) is 19.7 Å². The molecule has 0 aliphatic carbocycles. The number of nitrogens with zero attached hydrogens (tertiary/aromatic N) is 3. The molecule has 0 spiro atoms. The largest absolute Gasteiger partial charge is 0.375 e. The van der Waals surface area contributed by atoms with Crippen LogP contribution in [0.2, 0.25) is 0 Å². The van der Waals surface area contributed by atoms with E-state index in [0.29, 0.717) is 30.9 Å². The van der Waals surface area contributed by atoms with Gasteiger partial charge in [0.2, 0.25) is 0 Å². The molecule has 0 amide bonds. The Labute approximate surface area is 155 Å². The minimum atomic E-state index is -0.796. The van der Waals surface area contributed by atoms with Crippen LogP contribution in [-0.4, -0.2) is 35.2 Å². The molecule has 1 saturated heterocycles. The summed E-state index contributed by atoms with van der Waals surface area (Å²) in [6.07, 6.45) is 2.21. The van der Waals surface area contributed by atoms with Crippen molar-refractivity contribution in [2.45, 2.75) is 19.4 Å². The van der Waals surface area contributed by atoms with Gasteiger partial charge in [-0.2, -0.15) is 5.26 Å². The standard InChI is InChI=1S/C20H18F2N4O/c1-12-2-4-26-17(9-14-11-24-3-5-27-14)20(25-18(26)6-12)19-15(21)7-13(10-23)8-16(19)22/h2,4,6-8,14,24H,3,5,9,11H2,1H3/t14-/m0/s1. The number of ether oxygens (including phenoxy) is 1. The Morgan fingerprint density at radius 1 is 1.33 bits per heavy atom. The fraction of sp³-hybridized carbons (Fsp3) is 0.300. The van der Waals surface area contributed by atoms with Crippen LogP contribution < -0.4 is 5.32 Å². The third kappa shape index (κ3) is 3.29. The van der Waals surface area contributed by atoms with Gasteiger partial charge in [-0.15, -0.1) is 0 Å². The van der Waals surface area contributed by atoms with Crippen molar-refractivity contribution in [2.24, 2.45) is 0 Å². The lowest BCUT2D eigenvalue weighted by molar-refractivity contribution is 0.0286. The van der Waals surface area contributed by atoms with E-state index in [9.17, 15) is 8.78 Å². The normalized spacial score (nSPS) is 17.2. The Bertz CT molecular complexity index is 1030. The molecule has 138 valence electrons. The molecule has 0 radical (unpaired) electrons. The van der Waals surface area contributed by atoms with Crippen LogP contribution in [0.25, 0.3) is 16.9 Å². The SMILES string of the molecule is Cc1ccn2c(C[C@H]3CNCCO3)c(-c3c(F)cc(C#N)cc3F)nc2c1. The number of aryl methyl sites for hydroxylation is 1. The Balaban J connectivity index is 1.89. The van der Waals surface area contributed by atoms with Gasteiger partial charge >= 0.3 is 0 Å². The molecule has 2 aromatic heterocycles. The molecule has 1 atom stereocenters. The summed E-state index contributed by atoms with van der Waals surface area (Å²) in [7, 11) is 0. The lowest BCUT2D eigenvalue weighted by Gasteiger charge is -2.24. The maximum absolute atomic E-state index is 14.7. The molecule has 1 aliphatic rings. The number of rotatable bonds is 3. The molecular formula is C20H18F2N4O. The number of imidazole rings is 1. The van der Waals surface area contributed by atoms with Gasteiger partial charge in [0.1, 0.15) is 17.3 Å². The van der Waals surface area contributed by atoms with Crippen LogP contribution in [-0.2, 0) is 11.2 Å². The van der Waals surface area contributed by atoms with Gasteiger partial charge in [-0.05, 0) is 36.8 Å². The average Bonchev–Trinajstić information content (AvgIpc) is 2.99. The van der Waals surface area contributed by atoms with E-state index in [0.717, 1.165) is 24.2 Å². The number of nitriles is 1. The molecule has 7 heteroatoms. The number of nitrogens with one attached hydrogen (secondary N) is 1. The predicted molar refractivity (Wildman–Crippen MR) is 96.3 cm³/mol. The van der Waals surface area contributed by atoms with Crippen LogP contribution in [0, 0.1) is 29.9 Å². The third-order valence-electron chi connectivity index (χ3n) is 4.71. The topological polar surface area (TPSA) is 62.3 Å². The average molecular weight is 368 g/mol. The van der Waals surface area contributed by atoms with Gasteiger partial charge in [0.05, 0.1) is 41.3 Å². The number of hydrogen-bond donors (Lipinski definition) is 1. The van der Waals surface area contributed by atoms with Gasteiger partial charge in [-0.3, -0.25) is 0 Å². The molecule has 3 aromatic rings. The maximum atomic E-state index is 14.7. The summed E-state index contributed by atoms with van der Waals surface area (Å²) >= 11 is 0. The van der Waals surface area contributed by atoms with Crippen LogP contribution in [0.4, 0.5) is 8.78 Å². The van der Waals surface area contributed by atoms with E-state index in [2.05, 4.69) is 10.3 Å². The van der Waals surface area contributed by atoms with E-state index in [1.807, 2.05) is 29.7 Å². The highest BCUT2D eigenvalue weighted by molar-refractivity contribution is 5.69. The van der Waals surface area contributed by atoms with E-state index < -0.39 is 11.6 Å². The summed E-state index contributed by atoms with van der Waals surface area (Å²) in [5.41, 5.74) is 2.27. The van der Waals surface area contributed by atoms with Gasteiger partial charge in [-0.25, -0.2) is 13.8 Å². The second kappa shape index (κ2) is 7.06. The van der Waals surface area contributed by atoms with E-state index in [1.54, 1.807) is 6.07 Å². The molecule has 4 rings (SSSR count). The Morgan fingerprint density at radius 3 is 2.78 bits per heavy atom. The summed E-state index contributed by atoms with van der Waals surface area (Å²) < 4.78 is 37.0. The molecular weight excluding hydrogens is 350 g/mol. The van der Waals surface area contributed by atoms with Gasteiger partial charge in [0.25, 0.3) is 0 Å².